The highest BCUT2D eigenvalue weighted by molar-refractivity contribution is 5.95. The molecule has 1 aromatic rings. The van der Waals surface area contributed by atoms with Gasteiger partial charge in [0.2, 0.25) is 0 Å². The van der Waals surface area contributed by atoms with E-state index < -0.39 is 0 Å². The topological polar surface area (TPSA) is 72.9 Å². The quantitative estimate of drug-likeness (QED) is 0.771. The monoisotopic (exact) mass is 238 g/mol. The lowest BCUT2D eigenvalue weighted by atomic mass is 10.1. The second-order valence-corrected chi connectivity index (χ2v) is 4.32. The van der Waals surface area contributed by atoms with Crippen LogP contribution in [0.4, 0.5) is 0 Å². The van der Waals surface area contributed by atoms with Crippen LogP contribution in [-0.4, -0.2) is 28.3 Å². The number of rotatable bonds is 6. The van der Waals surface area contributed by atoms with Gasteiger partial charge < -0.3 is 11.1 Å². The minimum atomic E-state index is -0.0422. The number of nitrogens with zero attached hydrogens (tertiary/aromatic N) is 2. The summed E-state index contributed by atoms with van der Waals surface area (Å²) in [6.45, 7) is 4.65. The third-order valence-electron chi connectivity index (χ3n) is 2.70. The van der Waals surface area contributed by atoms with Gasteiger partial charge in [-0.3, -0.25) is 9.48 Å². The predicted molar refractivity (Wildman–Crippen MR) is 67.8 cm³/mol. The van der Waals surface area contributed by atoms with Crippen molar-refractivity contribution >= 4 is 5.91 Å². The molecule has 5 nitrogen and oxygen atoms in total. The Hall–Kier alpha value is -1.36. The van der Waals surface area contributed by atoms with Crippen LogP contribution < -0.4 is 11.1 Å². The zero-order valence-corrected chi connectivity index (χ0v) is 10.9. The Morgan fingerprint density at radius 3 is 2.94 bits per heavy atom. The van der Waals surface area contributed by atoms with Gasteiger partial charge in [0.1, 0.15) is 0 Å². The lowest BCUT2D eigenvalue weighted by Crippen LogP contribution is -2.33. The van der Waals surface area contributed by atoms with Crippen LogP contribution in [0.15, 0.2) is 6.20 Å². The van der Waals surface area contributed by atoms with E-state index in [-0.39, 0.29) is 11.9 Å². The highest BCUT2D eigenvalue weighted by Crippen LogP contribution is 2.08. The van der Waals surface area contributed by atoms with Crippen LogP contribution in [0.5, 0.6) is 0 Å². The zero-order valence-electron chi connectivity index (χ0n) is 10.9. The summed E-state index contributed by atoms with van der Waals surface area (Å²) in [7, 11) is 1.83. The van der Waals surface area contributed by atoms with E-state index in [9.17, 15) is 4.79 Å². The largest absolute Gasteiger partial charge is 0.349 e. The number of carbonyl (C=O) groups is 1. The Balaban J connectivity index is 2.62. The molecule has 1 aromatic heterocycles. The molecule has 0 bridgehead atoms. The molecular formula is C12H22N4O. The van der Waals surface area contributed by atoms with E-state index in [1.165, 1.54) is 0 Å². The van der Waals surface area contributed by atoms with Gasteiger partial charge in [0, 0.05) is 19.3 Å². The van der Waals surface area contributed by atoms with Crippen molar-refractivity contribution in [3.8, 4) is 0 Å². The number of amides is 1. The number of hydrogen-bond donors (Lipinski definition) is 2. The van der Waals surface area contributed by atoms with Crippen molar-refractivity contribution in [2.24, 2.45) is 12.8 Å². The third kappa shape index (κ3) is 3.85. The van der Waals surface area contributed by atoms with E-state index in [1.807, 2.05) is 20.9 Å². The van der Waals surface area contributed by atoms with Crippen LogP contribution in [0.3, 0.4) is 0 Å². The summed E-state index contributed by atoms with van der Waals surface area (Å²) >= 11 is 0. The van der Waals surface area contributed by atoms with Gasteiger partial charge in [-0.15, -0.1) is 0 Å². The fourth-order valence-electron chi connectivity index (χ4n) is 1.78. The molecule has 5 heteroatoms. The van der Waals surface area contributed by atoms with Crippen LogP contribution >= 0.6 is 0 Å². The molecule has 0 radical (unpaired) electrons. The molecule has 0 aromatic carbocycles. The fourth-order valence-corrected chi connectivity index (χ4v) is 1.78. The van der Waals surface area contributed by atoms with Crippen LogP contribution in [0.1, 0.15) is 42.7 Å². The Bertz CT molecular complexity index is 373. The summed E-state index contributed by atoms with van der Waals surface area (Å²) in [6.07, 6.45) is 4.36. The molecule has 0 aliphatic heterocycles. The molecule has 0 aliphatic carbocycles. The molecule has 1 atom stereocenters. The number of hydrogen-bond acceptors (Lipinski definition) is 3. The van der Waals surface area contributed by atoms with Gasteiger partial charge in [-0.2, -0.15) is 5.10 Å². The molecule has 3 N–H and O–H groups in total. The first kappa shape index (κ1) is 13.7. The molecule has 0 aliphatic rings. The summed E-state index contributed by atoms with van der Waals surface area (Å²) in [4.78, 5) is 12.0. The molecular weight excluding hydrogens is 216 g/mol. The van der Waals surface area contributed by atoms with Crippen molar-refractivity contribution in [3.05, 3.63) is 17.5 Å². The number of nitrogens with two attached hydrogens (primary N) is 1. The van der Waals surface area contributed by atoms with Gasteiger partial charge in [0.25, 0.3) is 5.91 Å². The zero-order chi connectivity index (χ0) is 12.8. The standard InChI is InChI=1S/C12H22N4O/c1-4-11-10(8-16(3)15-11)12(17)14-9(2)6-5-7-13/h8-9H,4-7,13H2,1-3H3,(H,14,17). The smallest absolute Gasteiger partial charge is 0.254 e. The molecule has 1 heterocycles. The van der Waals surface area contributed by atoms with Crippen LogP contribution in [0, 0.1) is 0 Å². The van der Waals surface area contributed by atoms with Gasteiger partial charge in [0.15, 0.2) is 0 Å². The Morgan fingerprint density at radius 2 is 2.35 bits per heavy atom. The maximum atomic E-state index is 12.0. The van der Waals surface area contributed by atoms with Crippen LogP contribution in [0.2, 0.25) is 0 Å². The van der Waals surface area contributed by atoms with Gasteiger partial charge in [-0.25, -0.2) is 0 Å². The lowest BCUT2D eigenvalue weighted by molar-refractivity contribution is 0.0937. The van der Waals surface area contributed by atoms with Crippen molar-refractivity contribution in [1.29, 1.82) is 0 Å². The molecule has 96 valence electrons. The summed E-state index contributed by atoms with van der Waals surface area (Å²) in [5.41, 5.74) is 6.96. The van der Waals surface area contributed by atoms with E-state index in [0.717, 1.165) is 25.0 Å². The van der Waals surface area contributed by atoms with Gasteiger partial charge >= 0.3 is 0 Å². The van der Waals surface area contributed by atoms with Gasteiger partial charge in [-0.05, 0) is 32.7 Å². The maximum absolute atomic E-state index is 12.0. The Labute approximate surface area is 102 Å². The van der Waals surface area contributed by atoms with Crippen molar-refractivity contribution < 1.29 is 4.79 Å². The van der Waals surface area contributed by atoms with E-state index in [2.05, 4.69) is 10.4 Å². The second-order valence-electron chi connectivity index (χ2n) is 4.32. The lowest BCUT2D eigenvalue weighted by Gasteiger charge is -2.12. The highest BCUT2D eigenvalue weighted by Gasteiger charge is 2.15. The van der Waals surface area contributed by atoms with Crippen molar-refractivity contribution in [3.63, 3.8) is 0 Å². The van der Waals surface area contributed by atoms with E-state index >= 15 is 0 Å². The third-order valence-corrected chi connectivity index (χ3v) is 2.70. The Kier molecular flexibility index (Phi) is 5.15. The number of aromatic nitrogens is 2. The summed E-state index contributed by atoms with van der Waals surface area (Å²) in [5, 5.41) is 7.23. The SMILES string of the molecule is CCc1nn(C)cc1C(=O)NC(C)CCCN. The van der Waals surface area contributed by atoms with Gasteiger partial charge in [-0.1, -0.05) is 6.92 Å². The van der Waals surface area contributed by atoms with Crippen molar-refractivity contribution in [1.82, 2.24) is 15.1 Å². The summed E-state index contributed by atoms with van der Waals surface area (Å²) in [5.74, 6) is -0.0422. The predicted octanol–water partition coefficient (Wildman–Crippen LogP) is 0.840. The molecule has 17 heavy (non-hydrogen) atoms. The molecule has 1 unspecified atom stereocenters. The van der Waals surface area contributed by atoms with E-state index in [1.54, 1.807) is 10.9 Å². The van der Waals surface area contributed by atoms with Gasteiger partial charge in [0.05, 0.1) is 11.3 Å². The molecule has 1 rings (SSSR count). The highest BCUT2D eigenvalue weighted by atomic mass is 16.1. The van der Waals surface area contributed by atoms with Crippen molar-refractivity contribution in [2.75, 3.05) is 6.54 Å². The molecule has 1 amide bonds. The maximum Gasteiger partial charge on any atom is 0.254 e. The van der Waals surface area contributed by atoms with Crippen LogP contribution in [0.25, 0.3) is 0 Å². The first-order chi connectivity index (χ1) is 8.08. The van der Waals surface area contributed by atoms with E-state index in [4.69, 9.17) is 5.73 Å². The van der Waals surface area contributed by atoms with Crippen molar-refractivity contribution in [2.45, 2.75) is 39.2 Å². The Morgan fingerprint density at radius 1 is 1.65 bits per heavy atom. The average Bonchev–Trinajstić information content (AvgIpc) is 2.67. The average molecular weight is 238 g/mol. The van der Waals surface area contributed by atoms with E-state index in [0.29, 0.717) is 12.1 Å². The number of carbonyl (C=O) groups excluding carboxylic acids is 1. The summed E-state index contributed by atoms with van der Waals surface area (Å²) in [6, 6.07) is 0.149. The molecule has 0 saturated heterocycles. The number of nitrogens with one attached hydrogen (secondary N) is 1. The fraction of sp³-hybridized carbons (Fsp3) is 0.667. The number of aryl methyl sites for hydroxylation is 2. The first-order valence-electron chi connectivity index (χ1n) is 6.12. The minimum Gasteiger partial charge on any atom is -0.349 e. The first-order valence-corrected chi connectivity index (χ1v) is 6.12. The second kappa shape index (κ2) is 6.39. The molecule has 0 saturated carbocycles. The minimum absolute atomic E-state index is 0.0422. The summed E-state index contributed by atoms with van der Waals surface area (Å²) < 4.78 is 1.68. The normalized spacial score (nSPS) is 12.5. The molecule has 0 fully saturated rings. The van der Waals surface area contributed by atoms with Crippen LogP contribution in [-0.2, 0) is 13.5 Å². The molecule has 0 spiro atoms.